The second kappa shape index (κ2) is 10.6. The Bertz CT molecular complexity index is 1200. The topological polar surface area (TPSA) is 76.1 Å². The number of aromatic nitrogens is 2. The van der Waals surface area contributed by atoms with E-state index < -0.39 is 29.7 Å². The summed E-state index contributed by atoms with van der Waals surface area (Å²) in [5.41, 5.74) is 4.14. The van der Waals surface area contributed by atoms with Gasteiger partial charge < -0.3 is 15.4 Å². The van der Waals surface area contributed by atoms with E-state index in [0.29, 0.717) is 29.5 Å². The summed E-state index contributed by atoms with van der Waals surface area (Å²) in [4.78, 5) is 20.4. The number of nitrogens with zero attached hydrogens (tertiary/aromatic N) is 2. The van der Waals surface area contributed by atoms with E-state index in [1.807, 2.05) is 26.8 Å². The first-order chi connectivity index (χ1) is 17.4. The van der Waals surface area contributed by atoms with E-state index in [1.165, 1.54) is 29.6 Å². The van der Waals surface area contributed by atoms with Crippen LogP contribution in [0, 0.1) is 17.8 Å². The highest BCUT2D eigenvalue weighted by Gasteiger charge is 2.41. The number of nitrogens with one attached hydrogen (secondary N) is 2. The molecule has 9 heteroatoms. The highest BCUT2D eigenvalue weighted by atomic mass is 19.4. The highest BCUT2D eigenvalue weighted by molar-refractivity contribution is 5.75. The van der Waals surface area contributed by atoms with Crippen LogP contribution < -0.4 is 10.6 Å². The standard InChI is InChI=1S/C28H33F3N4O2/c1-17-11-20(6-8-23(17)28(29,30)31)24-15-25(34-16-33-24)35-22-7-5-19-12-18(13-21(19)14-22)9-10-32-26(36)37-27(2,3)4/h5-8,11,14-18,23H,9-10,12-13H2,1-4H3,(H,32,36)(H,33,34,35). The lowest BCUT2D eigenvalue weighted by molar-refractivity contribution is -0.168. The minimum Gasteiger partial charge on any atom is -0.444 e. The molecular weight excluding hydrogens is 481 g/mol. The number of carbonyl (C=O) groups is 1. The number of allylic oxidation sites excluding steroid dienone is 4. The summed E-state index contributed by atoms with van der Waals surface area (Å²) in [5, 5.41) is 6.12. The van der Waals surface area contributed by atoms with Crippen molar-refractivity contribution >= 4 is 23.2 Å². The minimum absolute atomic E-state index is 0.396. The molecule has 0 fully saturated rings. The van der Waals surface area contributed by atoms with Crippen LogP contribution in [0.3, 0.4) is 0 Å². The lowest BCUT2D eigenvalue weighted by Crippen LogP contribution is -2.33. The largest absolute Gasteiger partial charge is 0.444 e. The smallest absolute Gasteiger partial charge is 0.407 e. The Kier molecular flexibility index (Phi) is 7.62. The Morgan fingerprint density at radius 2 is 1.86 bits per heavy atom. The van der Waals surface area contributed by atoms with Crippen molar-refractivity contribution in [3.8, 4) is 0 Å². The molecule has 0 spiro atoms. The van der Waals surface area contributed by atoms with Gasteiger partial charge in [-0.25, -0.2) is 14.8 Å². The number of rotatable bonds is 6. The van der Waals surface area contributed by atoms with Crippen LogP contribution in [0.1, 0.15) is 50.9 Å². The summed E-state index contributed by atoms with van der Waals surface area (Å²) >= 11 is 0. The highest BCUT2D eigenvalue weighted by Crippen LogP contribution is 2.38. The van der Waals surface area contributed by atoms with Gasteiger partial charge >= 0.3 is 12.3 Å². The van der Waals surface area contributed by atoms with Crippen LogP contribution in [0.2, 0.25) is 0 Å². The molecule has 1 amide bonds. The molecule has 2 aromatic rings. The average molecular weight is 515 g/mol. The molecule has 0 aliphatic heterocycles. The first-order valence-corrected chi connectivity index (χ1v) is 12.5. The van der Waals surface area contributed by atoms with Gasteiger partial charge in [0, 0.05) is 18.3 Å². The maximum absolute atomic E-state index is 13.2. The Balaban J connectivity index is 1.35. The number of amides is 1. The number of alkyl carbamates (subject to hydrolysis) is 1. The van der Waals surface area contributed by atoms with Gasteiger partial charge in [0.2, 0.25) is 0 Å². The molecule has 6 nitrogen and oxygen atoms in total. The number of hydrogen-bond acceptors (Lipinski definition) is 5. The lowest BCUT2D eigenvalue weighted by Gasteiger charge is -2.25. The van der Waals surface area contributed by atoms with Gasteiger partial charge in [-0.3, -0.25) is 0 Å². The van der Waals surface area contributed by atoms with Gasteiger partial charge in [0.1, 0.15) is 17.7 Å². The summed E-state index contributed by atoms with van der Waals surface area (Å²) in [5.74, 6) is -1.14. The number of fused-ring (bicyclic) bond motifs is 1. The Hall–Kier alpha value is -3.36. The quantitative estimate of drug-likeness (QED) is 0.453. The molecule has 37 heavy (non-hydrogen) atoms. The molecule has 0 radical (unpaired) electrons. The number of anilines is 2. The van der Waals surface area contributed by atoms with Gasteiger partial charge in [0.05, 0.1) is 11.6 Å². The summed E-state index contributed by atoms with van der Waals surface area (Å²) in [7, 11) is 0. The van der Waals surface area contributed by atoms with E-state index in [1.54, 1.807) is 19.1 Å². The van der Waals surface area contributed by atoms with Crippen molar-refractivity contribution in [3.05, 3.63) is 65.6 Å². The van der Waals surface area contributed by atoms with Gasteiger partial charge in [-0.15, -0.1) is 0 Å². The third-order valence-electron chi connectivity index (χ3n) is 6.55. The SMILES string of the molecule is CC1C=C(c2cc(Nc3ccc4c(c3)CC(CCNC(=O)OC(C)(C)C)C4)ncn2)C=CC1C(F)(F)F. The maximum atomic E-state index is 13.2. The van der Waals surface area contributed by atoms with Crippen molar-refractivity contribution in [2.24, 2.45) is 17.8 Å². The van der Waals surface area contributed by atoms with Gasteiger partial charge in [0.25, 0.3) is 0 Å². The van der Waals surface area contributed by atoms with Crippen molar-refractivity contribution in [2.75, 3.05) is 11.9 Å². The molecule has 3 unspecified atom stereocenters. The summed E-state index contributed by atoms with van der Waals surface area (Å²) in [6.07, 6.45) is 3.79. The van der Waals surface area contributed by atoms with E-state index in [4.69, 9.17) is 4.74 Å². The molecule has 0 saturated heterocycles. The summed E-state index contributed by atoms with van der Waals surface area (Å²) < 4.78 is 44.8. The fourth-order valence-corrected chi connectivity index (χ4v) is 4.82. The van der Waals surface area contributed by atoms with E-state index in [-0.39, 0.29) is 0 Å². The number of carbonyl (C=O) groups excluding carboxylic acids is 1. The third kappa shape index (κ3) is 7.11. The molecule has 2 N–H and O–H groups in total. The Morgan fingerprint density at radius 1 is 1.11 bits per heavy atom. The number of alkyl halides is 3. The van der Waals surface area contributed by atoms with Crippen molar-refractivity contribution in [1.29, 1.82) is 0 Å². The fourth-order valence-electron chi connectivity index (χ4n) is 4.82. The molecule has 0 saturated carbocycles. The number of benzene rings is 1. The third-order valence-corrected chi connectivity index (χ3v) is 6.55. The van der Waals surface area contributed by atoms with Crippen LogP contribution in [0.25, 0.3) is 5.57 Å². The molecule has 2 aliphatic carbocycles. The zero-order chi connectivity index (χ0) is 26.8. The van der Waals surface area contributed by atoms with Crippen LogP contribution in [0.4, 0.5) is 29.5 Å². The molecule has 1 aromatic heterocycles. The maximum Gasteiger partial charge on any atom is 0.407 e. The minimum atomic E-state index is -4.27. The lowest BCUT2D eigenvalue weighted by atomic mass is 9.86. The zero-order valence-electron chi connectivity index (χ0n) is 21.5. The van der Waals surface area contributed by atoms with E-state index >= 15 is 0 Å². The zero-order valence-corrected chi connectivity index (χ0v) is 21.5. The fraction of sp³-hybridized carbons (Fsp3) is 0.464. The first-order valence-electron chi connectivity index (χ1n) is 12.5. The normalized spacial score (nSPS) is 21.3. The Labute approximate surface area is 215 Å². The second-order valence-electron chi connectivity index (χ2n) is 10.8. The predicted molar refractivity (Wildman–Crippen MR) is 137 cm³/mol. The Morgan fingerprint density at radius 3 is 2.57 bits per heavy atom. The van der Waals surface area contributed by atoms with E-state index in [2.05, 4.69) is 32.7 Å². The predicted octanol–water partition coefficient (Wildman–Crippen LogP) is 6.62. The van der Waals surface area contributed by atoms with Crippen LogP contribution in [-0.4, -0.2) is 34.4 Å². The molecule has 4 rings (SSSR count). The number of hydrogen-bond donors (Lipinski definition) is 2. The van der Waals surface area contributed by atoms with Gasteiger partial charge in [-0.2, -0.15) is 13.2 Å². The summed E-state index contributed by atoms with van der Waals surface area (Å²) in [6.45, 7) is 7.64. The van der Waals surface area contributed by atoms with Crippen molar-refractivity contribution in [2.45, 2.75) is 58.7 Å². The van der Waals surface area contributed by atoms with Gasteiger partial charge in [-0.05, 0) is 80.7 Å². The molecular formula is C28H33F3N4O2. The monoisotopic (exact) mass is 514 g/mol. The average Bonchev–Trinajstić information content (AvgIpc) is 3.19. The molecule has 198 valence electrons. The van der Waals surface area contributed by atoms with Crippen LogP contribution in [0.5, 0.6) is 0 Å². The molecule has 3 atom stereocenters. The van der Waals surface area contributed by atoms with Crippen LogP contribution >= 0.6 is 0 Å². The van der Waals surface area contributed by atoms with Crippen LogP contribution in [-0.2, 0) is 17.6 Å². The van der Waals surface area contributed by atoms with E-state index in [0.717, 1.165) is 24.9 Å². The molecule has 1 heterocycles. The molecule has 2 aliphatic rings. The van der Waals surface area contributed by atoms with Crippen molar-refractivity contribution in [1.82, 2.24) is 15.3 Å². The number of halogens is 3. The molecule has 0 bridgehead atoms. The van der Waals surface area contributed by atoms with E-state index in [9.17, 15) is 18.0 Å². The number of ether oxygens (including phenoxy) is 1. The molecule has 1 aromatic carbocycles. The van der Waals surface area contributed by atoms with Gasteiger partial charge in [-0.1, -0.05) is 31.2 Å². The first kappa shape index (κ1) is 26.7. The second-order valence-corrected chi connectivity index (χ2v) is 10.8. The summed E-state index contributed by atoms with van der Waals surface area (Å²) in [6, 6.07) is 7.95. The van der Waals surface area contributed by atoms with Gasteiger partial charge in [0.15, 0.2) is 0 Å². The van der Waals surface area contributed by atoms with Crippen molar-refractivity contribution < 1.29 is 22.7 Å². The van der Waals surface area contributed by atoms with Crippen molar-refractivity contribution in [3.63, 3.8) is 0 Å². The van der Waals surface area contributed by atoms with Crippen LogP contribution in [0.15, 0.2) is 48.8 Å².